The maximum Gasteiger partial charge on any atom is 0.252 e. The molecule has 0 aromatic heterocycles. The predicted octanol–water partition coefficient (Wildman–Crippen LogP) is 4.03. The highest BCUT2D eigenvalue weighted by Crippen LogP contribution is 2.36. The van der Waals surface area contributed by atoms with E-state index < -0.39 is 5.91 Å². The van der Waals surface area contributed by atoms with Gasteiger partial charge >= 0.3 is 0 Å². The molecule has 2 aromatic carbocycles. The summed E-state index contributed by atoms with van der Waals surface area (Å²) in [5.41, 5.74) is 12.4. The SMILES string of the molecule is CCc1cc(Oc2c(Cl)cc(N)cc2C(N)=O)ccc1Cl. The van der Waals surface area contributed by atoms with E-state index in [1.807, 2.05) is 6.92 Å². The van der Waals surface area contributed by atoms with Crippen LogP contribution in [0.25, 0.3) is 0 Å². The minimum absolute atomic E-state index is 0.132. The number of nitrogens with two attached hydrogens (primary N) is 2. The van der Waals surface area contributed by atoms with E-state index in [0.717, 1.165) is 12.0 Å². The number of amides is 1. The molecule has 0 spiro atoms. The van der Waals surface area contributed by atoms with Crippen LogP contribution in [-0.4, -0.2) is 5.91 Å². The van der Waals surface area contributed by atoms with E-state index in [1.54, 1.807) is 18.2 Å². The van der Waals surface area contributed by atoms with E-state index in [-0.39, 0.29) is 16.3 Å². The molecule has 4 nitrogen and oxygen atoms in total. The quantitative estimate of drug-likeness (QED) is 0.833. The zero-order valence-electron chi connectivity index (χ0n) is 11.3. The standard InChI is InChI=1S/C15H14Cl2N2O2/c1-2-8-5-10(3-4-12(8)16)21-14-11(15(19)20)6-9(18)7-13(14)17/h3-7H,2,18H2,1H3,(H2,19,20). The van der Waals surface area contributed by atoms with Gasteiger partial charge in [-0.15, -0.1) is 0 Å². The highest BCUT2D eigenvalue weighted by atomic mass is 35.5. The van der Waals surface area contributed by atoms with Gasteiger partial charge in [0.1, 0.15) is 5.75 Å². The van der Waals surface area contributed by atoms with Crippen molar-refractivity contribution in [2.24, 2.45) is 5.73 Å². The Balaban J connectivity index is 2.46. The zero-order chi connectivity index (χ0) is 15.6. The second-order valence-corrected chi connectivity index (χ2v) is 5.27. The Morgan fingerprint density at radius 1 is 1.19 bits per heavy atom. The number of hydrogen-bond acceptors (Lipinski definition) is 3. The maximum atomic E-state index is 11.5. The van der Waals surface area contributed by atoms with Crippen LogP contribution in [0.4, 0.5) is 5.69 Å². The summed E-state index contributed by atoms with van der Waals surface area (Å²) in [5.74, 6) is 0.0389. The lowest BCUT2D eigenvalue weighted by atomic mass is 10.1. The molecule has 0 fully saturated rings. The van der Waals surface area contributed by atoms with Gasteiger partial charge in [0.25, 0.3) is 5.91 Å². The van der Waals surface area contributed by atoms with Gasteiger partial charge in [-0.1, -0.05) is 30.1 Å². The Kier molecular flexibility index (Phi) is 4.60. The molecule has 0 bridgehead atoms. The Hall–Kier alpha value is -1.91. The fraction of sp³-hybridized carbons (Fsp3) is 0.133. The number of halogens is 2. The van der Waals surface area contributed by atoms with E-state index in [0.29, 0.717) is 16.5 Å². The van der Waals surface area contributed by atoms with Crippen molar-refractivity contribution in [3.8, 4) is 11.5 Å². The number of hydrogen-bond donors (Lipinski definition) is 2. The second-order valence-electron chi connectivity index (χ2n) is 4.45. The number of benzene rings is 2. The number of aryl methyl sites for hydroxylation is 1. The lowest BCUT2D eigenvalue weighted by molar-refractivity contribution is 0.0998. The summed E-state index contributed by atoms with van der Waals surface area (Å²) < 4.78 is 5.71. The second kappa shape index (κ2) is 6.24. The normalized spacial score (nSPS) is 10.4. The Morgan fingerprint density at radius 2 is 1.90 bits per heavy atom. The van der Waals surface area contributed by atoms with E-state index >= 15 is 0 Å². The predicted molar refractivity (Wildman–Crippen MR) is 85.3 cm³/mol. The van der Waals surface area contributed by atoms with Crippen molar-refractivity contribution in [1.82, 2.24) is 0 Å². The van der Waals surface area contributed by atoms with Crippen LogP contribution < -0.4 is 16.2 Å². The number of anilines is 1. The first-order chi connectivity index (χ1) is 9.92. The molecule has 0 radical (unpaired) electrons. The van der Waals surface area contributed by atoms with Gasteiger partial charge in [0, 0.05) is 10.7 Å². The van der Waals surface area contributed by atoms with Crippen LogP contribution in [0.15, 0.2) is 30.3 Å². The van der Waals surface area contributed by atoms with Gasteiger partial charge in [0.15, 0.2) is 5.75 Å². The number of rotatable bonds is 4. The highest BCUT2D eigenvalue weighted by Gasteiger charge is 2.16. The molecule has 4 N–H and O–H groups in total. The van der Waals surface area contributed by atoms with Crippen molar-refractivity contribution in [2.75, 3.05) is 5.73 Å². The number of nitrogen functional groups attached to an aromatic ring is 1. The average Bonchev–Trinajstić information content (AvgIpc) is 2.43. The van der Waals surface area contributed by atoms with Gasteiger partial charge in [-0.05, 0) is 42.3 Å². The Morgan fingerprint density at radius 3 is 2.52 bits per heavy atom. The molecule has 2 rings (SSSR count). The molecule has 6 heteroatoms. The molecule has 21 heavy (non-hydrogen) atoms. The number of carbonyl (C=O) groups is 1. The minimum Gasteiger partial charge on any atom is -0.455 e. The number of ether oxygens (including phenoxy) is 1. The largest absolute Gasteiger partial charge is 0.455 e. The molecule has 0 aliphatic heterocycles. The fourth-order valence-electron chi connectivity index (χ4n) is 1.90. The summed E-state index contributed by atoms with van der Waals surface area (Å²) in [6.07, 6.45) is 0.758. The van der Waals surface area contributed by atoms with Crippen LogP contribution in [0.2, 0.25) is 10.0 Å². The Labute approximate surface area is 132 Å². The van der Waals surface area contributed by atoms with Crippen LogP contribution in [-0.2, 0) is 6.42 Å². The molecular formula is C15H14Cl2N2O2. The van der Waals surface area contributed by atoms with Gasteiger partial charge in [0.05, 0.1) is 10.6 Å². The zero-order valence-corrected chi connectivity index (χ0v) is 12.8. The topological polar surface area (TPSA) is 78.3 Å². The summed E-state index contributed by atoms with van der Waals surface area (Å²) in [4.78, 5) is 11.5. The smallest absolute Gasteiger partial charge is 0.252 e. The van der Waals surface area contributed by atoms with Crippen LogP contribution in [0.1, 0.15) is 22.8 Å². The molecule has 0 saturated heterocycles. The Bertz CT molecular complexity index is 702. The first kappa shape index (κ1) is 15.5. The summed E-state index contributed by atoms with van der Waals surface area (Å²) in [6, 6.07) is 8.14. The number of primary amides is 1. The van der Waals surface area contributed by atoms with E-state index in [4.69, 9.17) is 39.4 Å². The van der Waals surface area contributed by atoms with Gasteiger partial charge in [-0.3, -0.25) is 4.79 Å². The minimum atomic E-state index is -0.663. The van der Waals surface area contributed by atoms with Crippen LogP contribution in [0, 0.1) is 0 Å². The first-order valence-corrected chi connectivity index (χ1v) is 7.03. The summed E-state index contributed by atoms with van der Waals surface area (Å²) in [7, 11) is 0. The van der Waals surface area contributed by atoms with Crippen LogP contribution in [0.3, 0.4) is 0 Å². The molecular weight excluding hydrogens is 311 g/mol. The molecule has 110 valence electrons. The van der Waals surface area contributed by atoms with Gasteiger partial charge in [-0.25, -0.2) is 0 Å². The molecule has 0 saturated carbocycles. The van der Waals surface area contributed by atoms with Crippen LogP contribution in [0.5, 0.6) is 11.5 Å². The van der Waals surface area contributed by atoms with Crippen molar-refractivity contribution in [3.05, 3.63) is 51.5 Å². The van der Waals surface area contributed by atoms with Gasteiger partial charge in [0.2, 0.25) is 0 Å². The molecule has 0 aliphatic carbocycles. The third-order valence-electron chi connectivity index (χ3n) is 2.95. The molecule has 0 unspecified atom stereocenters. The molecule has 0 heterocycles. The summed E-state index contributed by atoms with van der Waals surface area (Å²) >= 11 is 12.2. The molecule has 1 amide bonds. The third-order valence-corrected chi connectivity index (χ3v) is 3.60. The molecule has 0 aliphatic rings. The van der Waals surface area contributed by atoms with E-state index in [2.05, 4.69) is 0 Å². The van der Waals surface area contributed by atoms with E-state index in [1.165, 1.54) is 12.1 Å². The van der Waals surface area contributed by atoms with E-state index in [9.17, 15) is 4.79 Å². The lowest BCUT2D eigenvalue weighted by Gasteiger charge is -2.13. The van der Waals surface area contributed by atoms with Gasteiger partial charge in [-0.2, -0.15) is 0 Å². The van der Waals surface area contributed by atoms with Crippen molar-refractivity contribution in [3.63, 3.8) is 0 Å². The van der Waals surface area contributed by atoms with Crippen molar-refractivity contribution >= 4 is 34.8 Å². The maximum absolute atomic E-state index is 11.5. The van der Waals surface area contributed by atoms with Crippen LogP contribution >= 0.6 is 23.2 Å². The first-order valence-electron chi connectivity index (χ1n) is 6.27. The monoisotopic (exact) mass is 324 g/mol. The van der Waals surface area contributed by atoms with Crippen molar-refractivity contribution in [2.45, 2.75) is 13.3 Å². The number of carbonyl (C=O) groups excluding carboxylic acids is 1. The highest BCUT2D eigenvalue weighted by molar-refractivity contribution is 6.33. The molecule has 0 atom stereocenters. The molecule has 2 aromatic rings. The van der Waals surface area contributed by atoms with Crippen molar-refractivity contribution in [1.29, 1.82) is 0 Å². The van der Waals surface area contributed by atoms with Crippen molar-refractivity contribution < 1.29 is 9.53 Å². The summed E-state index contributed by atoms with van der Waals surface area (Å²) in [6.45, 7) is 1.98. The average molecular weight is 325 g/mol. The third kappa shape index (κ3) is 3.40. The van der Waals surface area contributed by atoms with Gasteiger partial charge < -0.3 is 16.2 Å². The summed E-state index contributed by atoms with van der Waals surface area (Å²) in [5, 5.41) is 0.875. The lowest BCUT2D eigenvalue weighted by Crippen LogP contribution is -2.13. The fourth-order valence-corrected chi connectivity index (χ4v) is 2.42.